The number of carbonyl (C=O) groups is 1. The third-order valence-corrected chi connectivity index (χ3v) is 4.09. The Kier molecular flexibility index (Phi) is 4.90. The molecule has 4 nitrogen and oxygen atoms in total. The Hall–Kier alpha value is -2.27. The number of rotatable bonds is 3. The van der Waals surface area contributed by atoms with Gasteiger partial charge in [-0.1, -0.05) is 17.7 Å². The molecule has 1 unspecified atom stereocenters. The van der Waals surface area contributed by atoms with E-state index in [1.807, 2.05) is 6.92 Å². The van der Waals surface area contributed by atoms with Crippen LogP contribution in [0.4, 0.5) is 4.39 Å². The van der Waals surface area contributed by atoms with Gasteiger partial charge in [0, 0.05) is 12.0 Å². The Labute approximate surface area is 144 Å². The van der Waals surface area contributed by atoms with Crippen LogP contribution in [-0.2, 0) is 0 Å². The minimum absolute atomic E-state index is 0.0316. The van der Waals surface area contributed by atoms with Crippen molar-refractivity contribution in [3.8, 4) is 11.5 Å². The molecule has 6 heteroatoms. The van der Waals surface area contributed by atoms with Gasteiger partial charge in [-0.3, -0.25) is 4.79 Å². The lowest BCUT2D eigenvalue weighted by atomic mass is 10.1. The molecule has 1 atom stereocenters. The summed E-state index contributed by atoms with van der Waals surface area (Å²) in [6.07, 6.45) is 0.804. The molecule has 3 rings (SSSR count). The first-order valence-corrected chi connectivity index (χ1v) is 8.08. The van der Waals surface area contributed by atoms with E-state index in [9.17, 15) is 9.18 Å². The largest absolute Gasteiger partial charge is 0.490 e. The van der Waals surface area contributed by atoms with Gasteiger partial charge in [0.15, 0.2) is 11.5 Å². The van der Waals surface area contributed by atoms with E-state index in [0.29, 0.717) is 30.3 Å². The van der Waals surface area contributed by atoms with E-state index in [2.05, 4.69) is 5.32 Å². The van der Waals surface area contributed by atoms with E-state index >= 15 is 0 Å². The fourth-order valence-corrected chi connectivity index (χ4v) is 2.64. The van der Waals surface area contributed by atoms with E-state index in [4.69, 9.17) is 21.1 Å². The number of ether oxygens (including phenoxy) is 2. The smallest absolute Gasteiger partial charge is 0.251 e. The van der Waals surface area contributed by atoms with E-state index in [-0.39, 0.29) is 17.0 Å². The monoisotopic (exact) mass is 349 g/mol. The van der Waals surface area contributed by atoms with Crippen molar-refractivity contribution in [3.05, 3.63) is 58.4 Å². The summed E-state index contributed by atoms with van der Waals surface area (Å²) < 4.78 is 24.4. The molecule has 0 fully saturated rings. The number of hydrogen-bond acceptors (Lipinski definition) is 3. The highest BCUT2D eigenvalue weighted by atomic mass is 35.5. The maximum atomic E-state index is 13.2. The van der Waals surface area contributed by atoms with Crippen LogP contribution in [0.2, 0.25) is 5.02 Å². The van der Waals surface area contributed by atoms with Gasteiger partial charge < -0.3 is 14.8 Å². The second kappa shape index (κ2) is 7.09. The number of amides is 1. The van der Waals surface area contributed by atoms with Crippen LogP contribution in [0.5, 0.6) is 11.5 Å². The number of hydrogen-bond donors (Lipinski definition) is 1. The van der Waals surface area contributed by atoms with E-state index < -0.39 is 5.82 Å². The standard InChI is InChI=1S/C18H17ClFNO3/c1-11(12-3-5-15(20)14(19)9-12)21-18(22)13-4-6-16-17(10-13)24-8-2-7-23-16/h3-6,9-11H,2,7-8H2,1H3,(H,21,22). The fraction of sp³-hybridized carbons (Fsp3) is 0.278. The van der Waals surface area contributed by atoms with Gasteiger partial charge in [0.25, 0.3) is 5.91 Å². The minimum Gasteiger partial charge on any atom is -0.490 e. The predicted molar refractivity (Wildman–Crippen MR) is 89.3 cm³/mol. The Morgan fingerprint density at radius 1 is 1.17 bits per heavy atom. The summed E-state index contributed by atoms with van der Waals surface area (Å²) in [7, 11) is 0. The van der Waals surface area contributed by atoms with E-state index in [1.54, 1.807) is 24.3 Å². The lowest BCUT2D eigenvalue weighted by Gasteiger charge is -2.16. The second-order valence-corrected chi connectivity index (χ2v) is 5.99. The van der Waals surface area contributed by atoms with Crippen molar-refractivity contribution >= 4 is 17.5 Å². The Morgan fingerprint density at radius 2 is 1.92 bits per heavy atom. The first-order valence-electron chi connectivity index (χ1n) is 7.70. The maximum Gasteiger partial charge on any atom is 0.251 e. The molecule has 2 aromatic rings. The van der Waals surface area contributed by atoms with Crippen LogP contribution in [0.3, 0.4) is 0 Å². The Morgan fingerprint density at radius 3 is 2.67 bits per heavy atom. The number of fused-ring (bicyclic) bond motifs is 1. The summed E-state index contributed by atoms with van der Waals surface area (Å²) in [5.41, 5.74) is 1.20. The molecule has 126 valence electrons. The molecular weight excluding hydrogens is 333 g/mol. The lowest BCUT2D eigenvalue weighted by molar-refractivity contribution is 0.0939. The highest BCUT2D eigenvalue weighted by Crippen LogP contribution is 2.30. The first-order chi connectivity index (χ1) is 11.5. The number of nitrogens with one attached hydrogen (secondary N) is 1. The van der Waals surface area contributed by atoms with Gasteiger partial charge in [0.05, 0.1) is 24.3 Å². The summed E-state index contributed by atoms with van der Waals surface area (Å²) in [5, 5.41) is 2.90. The van der Waals surface area contributed by atoms with Crippen LogP contribution in [0, 0.1) is 5.82 Å². The second-order valence-electron chi connectivity index (χ2n) is 5.58. The van der Waals surface area contributed by atoms with Crippen molar-refractivity contribution in [2.45, 2.75) is 19.4 Å². The van der Waals surface area contributed by atoms with Crippen molar-refractivity contribution in [2.24, 2.45) is 0 Å². The molecule has 1 amide bonds. The Bertz CT molecular complexity index is 766. The van der Waals surface area contributed by atoms with Gasteiger partial charge in [-0.15, -0.1) is 0 Å². The SMILES string of the molecule is CC(NC(=O)c1ccc2c(c1)OCCCO2)c1ccc(F)c(Cl)c1. The third kappa shape index (κ3) is 3.62. The zero-order chi connectivity index (χ0) is 17.1. The Balaban J connectivity index is 1.74. The van der Waals surface area contributed by atoms with Crippen LogP contribution in [-0.4, -0.2) is 19.1 Å². The number of benzene rings is 2. The summed E-state index contributed by atoms with van der Waals surface area (Å²) in [6.45, 7) is 2.97. The minimum atomic E-state index is -0.484. The molecule has 0 aromatic heterocycles. The molecule has 1 aliphatic rings. The quantitative estimate of drug-likeness (QED) is 0.906. The average molecular weight is 350 g/mol. The molecule has 0 radical (unpaired) electrons. The fourth-order valence-electron chi connectivity index (χ4n) is 2.45. The topological polar surface area (TPSA) is 47.6 Å². The molecule has 0 saturated heterocycles. The van der Waals surface area contributed by atoms with E-state index in [1.165, 1.54) is 12.1 Å². The van der Waals surface area contributed by atoms with E-state index in [0.717, 1.165) is 12.0 Å². The molecule has 0 spiro atoms. The van der Waals surface area contributed by atoms with Crippen LogP contribution >= 0.6 is 11.6 Å². The highest BCUT2D eigenvalue weighted by molar-refractivity contribution is 6.30. The normalized spacial score (nSPS) is 14.6. The van der Waals surface area contributed by atoms with Crippen LogP contribution in [0.1, 0.15) is 35.3 Å². The van der Waals surface area contributed by atoms with Crippen LogP contribution < -0.4 is 14.8 Å². The van der Waals surface area contributed by atoms with Gasteiger partial charge in [-0.2, -0.15) is 0 Å². The molecule has 1 N–H and O–H groups in total. The molecule has 24 heavy (non-hydrogen) atoms. The molecule has 0 saturated carbocycles. The maximum absolute atomic E-state index is 13.2. The highest BCUT2D eigenvalue weighted by Gasteiger charge is 2.16. The zero-order valence-electron chi connectivity index (χ0n) is 13.1. The van der Waals surface area contributed by atoms with Crippen molar-refractivity contribution in [1.82, 2.24) is 5.32 Å². The lowest BCUT2D eigenvalue weighted by Crippen LogP contribution is -2.26. The molecule has 2 aromatic carbocycles. The predicted octanol–water partition coefficient (Wildman–Crippen LogP) is 4.13. The van der Waals surface area contributed by atoms with Crippen molar-refractivity contribution in [3.63, 3.8) is 0 Å². The molecule has 0 bridgehead atoms. The first kappa shape index (κ1) is 16.6. The summed E-state index contributed by atoms with van der Waals surface area (Å²) in [5.74, 6) is 0.473. The van der Waals surface area contributed by atoms with Gasteiger partial charge in [0.2, 0.25) is 0 Å². The van der Waals surface area contributed by atoms with Crippen molar-refractivity contribution in [1.29, 1.82) is 0 Å². The molecular formula is C18H17ClFNO3. The van der Waals surface area contributed by atoms with Gasteiger partial charge in [-0.05, 0) is 42.8 Å². The number of carbonyl (C=O) groups excluding carboxylic acids is 1. The van der Waals surface area contributed by atoms with Gasteiger partial charge in [0.1, 0.15) is 5.82 Å². The van der Waals surface area contributed by atoms with Crippen molar-refractivity contribution < 1.29 is 18.7 Å². The third-order valence-electron chi connectivity index (χ3n) is 3.80. The van der Waals surface area contributed by atoms with Crippen LogP contribution in [0.15, 0.2) is 36.4 Å². The molecule has 0 aliphatic carbocycles. The van der Waals surface area contributed by atoms with Gasteiger partial charge >= 0.3 is 0 Å². The molecule has 1 aliphatic heterocycles. The van der Waals surface area contributed by atoms with Crippen molar-refractivity contribution in [2.75, 3.05) is 13.2 Å². The van der Waals surface area contributed by atoms with Gasteiger partial charge in [-0.25, -0.2) is 4.39 Å². The summed E-state index contributed by atoms with van der Waals surface area (Å²) >= 11 is 5.79. The zero-order valence-corrected chi connectivity index (χ0v) is 13.9. The number of halogens is 2. The summed E-state index contributed by atoms with van der Waals surface area (Å²) in [6, 6.07) is 9.17. The summed E-state index contributed by atoms with van der Waals surface area (Å²) in [4.78, 5) is 12.4. The van der Waals surface area contributed by atoms with Crippen LogP contribution in [0.25, 0.3) is 0 Å². The average Bonchev–Trinajstić information content (AvgIpc) is 2.81. The molecule has 1 heterocycles.